The number of amides is 1. The number of aromatic amines is 1. The molecule has 2 aliphatic rings. The molecule has 3 heterocycles. The van der Waals surface area contributed by atoms with Crippen LogP contribution in [-0.2, 0) is 0 Å². The number of hydrogen-bond donors (Lipinski definition) is 2. The standard InChI is InChI=1S/C20H26N4O.ClH/c1-14-2-4-15(5-3-14)17-8-11-24(13-17)20(25)18-12-22-23-19(18)16-6-9-21-10-7-16;/h2-5,12,16-17,21H,6-11,13H2,1H3,(H,22,23);1H. The average Bonchev–Trinajstić information content (AvgIpc) is 3.32. The lowest BCUT2D eigenvalue weighted by molar-refractivity contribution is 0.0789. The van der Waals surface area contributed by atoms with E-state index in [9.17, 15) is 4.79 Å². The van der Waals surface area contributed by atoms with Crippen molar-refractivity contribution in [2.24, 2.45) is 0 Å². The highest BCUT2D eigenvalue weighted by molar-refractivity contribution is 5.95. The second-order valence-electron chi connectivity index (χ2n) is 7.37. The highest BCUT2D eigenvalue weighted by atomic mass is 35.5. The fourth-order valence-corrected chi connectivity index (χ4v) is 4.11. The van der Waals surface area contributed by atoms with Gasteiger partial charge in [-0.25, -0.2) is 0 Å². The van der Waals surface area contributed by atoms with Gasteiger partial charge in [0.1, 0.15) is 0 Å². The van der Waals surface area contributed by atoms with E-state index in [1.165, 1.54) is 11.1 Å². The Balaban J connectivity index is 0.00000196. The summed E-state index contributed by atoms with van der Waals surface area (Å²) in [6, 6.07) is 8.72. The number of H-pyrrole nitrogens is 1. The molecular formula is C20H27ClN4O. The molecule has 2 fully saturated rings. The Morgan fingerprint density at radius 3 is 2.58 bits per heavy atom. The summed E-state index contributed by atoms with van der Waals surface area (Å²) in [7, 11) is 0. The minimum Gasteiger partial charge on any atom is -0.338 e. The molecule has 4 rings (SSSR count). The Labute approximate surface area is 161 Å². The van der Waals surface area contributed by atoms with Gasteiger partial charge in [0, 0.05) is 24.9 Å². The third-order valence-corrected chi connectivity index (χ3v) is 5.67. The zero-order valence-electron chi connectivity index (χ0n) is 15.2. The number of nitrogens with zero attached hydrogens (tertiary/aromatic N) is 2. The van der Waals surface area contributed by atoms with Crippen molar-refractivity contribution in [2.45, 2.75) is 38.0 Å². The molecule has 1 atom stereocenters. The number of aromatic nitrogens is 2. The van der Waals surface area contributed by atoms with Gasteiger partial charge in [-0.1, -0.05) is 29.8 Å². The number of nitrogens with one attached hydrogen (secondary N) is 2. The monoisotopic (exact) mass is 374 g/mol. The van der Waals surface area contributed by atoms with Crippen LogP contribution >= 0.6 is 12.4 Å². The second-order valence-corrected chi connectivity index (χ2v) is 7.37. The van der Waals surface area contributed by atoms with Crippen molar-refractivity contribution >= 4 is 18.3 Å². The summed E-state index contributed by atoms with van der Waals surface area (Å²) in [6.07, 6.45) is 4.89. The Bertz CT molecular complexity index is 737. The molecule has 1 aromatic heterocycles. The molecule has 0 spiro atoms. The van der Waals surface area contributed by atoms with Gasteiger partial charge in [0.05, 0.1) is 17.5 Å². The van der Waals surface area contributed by atoms with Crippen molar-refractivity contribution in [3.05, 3.63) is 52.8 Å². The minimum atomic E-state index is 0. The van der Waals surface area contributed by atoms with Crippen LogP contribution in [0.1, 0.15) is 58.3 Å². The molecular weight excluding hydrogens is 348 g/mol. The average molecular weight is 375 g/mol. The predicted octanol–water partition coefficient (Wildman–Crippen LogP) is 3.24. The quantitative estimate of drug-likeness (QED) is 0.867. The fraction of sp³-hybridized carbons (Fsp3) is 0.500. The topological polar surface area (TPSA) is 61.0 Å². The van der Waals surface area contributed by atoms with E-state index >= 15 is 0 Å². The molecule has 1 unspecified atom stereocenters. The molecule has 0 bridgehead atoms. The van der Waals surface area contributed by atoms with Crippen molar-refractivity contribution in [2.75, 3.05) is 26.2 Å². The van der Waals surface area contributed by atoms with Crippen LogP contribution in [0.3, 0.4) is 0 Å². The molecule has 0 radical (unpaired) electrons. The molecule has 140 valence electrons. The number of piperidine rings is 1. The van der Waals surface area contributed by atoms with Crippen LogP contribution in [0.2, 0.25) is 0 Å². The molecule has 0 aliphatic carbocycles. The Hall–Kier alpha value is -1.85. The number of hydrogen-bond acceptors (Lipinski definition) is 3. The first-order valence-electron chi connectivity index (χ1n) is 9.32. The van der Waals surface area contributed by atoms with Crippen molar-refractivity contribution in [3.8, 4) is 0 Å². The molecule has 0 saturated carbocycles. The first-order chi connectivity index (χ1) is 12.2. The first kappa shape index (κ1) is 18.9. The lowest BCUT2D eigenvalue weighted by Gasteiger charge is -2.23. The highest BCUT2D eigenvalue weighted by Crippen LogP contribution is 2.31. The van der Waals surface area contributed by atoms with E-state index < -0.39 is 0 Å². The first-order valence-corrected chi connectivity index (χ1v) is 9.32. The molecule has 2 aromatic rings. The molecule has 1 amide bonds. The molecule has 2 N–H and O–H groups in total. The van der Waals surface area contributed by atoms with Crippen LogP contribution in [0.5, 0.6) is 0 Å². The minimum absolute atomic E-state index is 0. The largest absolute Gasteiger partial charge is 0.338 e. The van der Waals surface area contributed by atoms with Gasteiger partial charge < -0.3 is 10.2 Å². The number of carbonyl (C=O) groups excluding carboxylic acids is 1. The summed E-state index contributed by atoms with van der Waals surface area (Å²) in [6.45, 7) is 5.76. The van der Waals surface area contributed by atoms with Crippen LogP contribution in [0.4, 0.5) is 0 Å². The van der Waals surface area contributed by atoms with E-state index in [-0.39, 0.29) is 18.3 Å². The van der Waals surface area contributed by atoms with Gasteiger partial charge in [-0.3, -0.25) is 9.89 Å². The Morgan fingerprint density at radius 2 is 1.85 bits per heavy atom. The normalized spacial score (nSPS) is 20.8. The summed E-state index contributed by atoms with van der Waals surface area (Å²) >= 11 is 0. The van der Waals surface area contributed by atoms with E-state index in [4.69, 9.17) is 0 Å². The number of benzene rings is 1. The predicted molar refractivity (Wildman–Crippen MR) is 105 cm³/mol. The van der Waals surface area contributed by atoms with E-state index in [1.807, 2.05) is 4.90 Å². The van der Waals surface area contributed by atoms with Crippen LogP contribution in [0, 0.1) is 6.92 Å². The number of halogens is 1. The van der Waals surface area contributed by atoms with Gasteiger partial charge in [0.15, 0.2) is 0 Å². The molecule has 1 aromatic carbocycles. The lowest BCUT2D eigenvalue weighted by atomic mass is 9.92. The Morgan fingerprint density at radius 1 is 1.12 bits per heavy atom. The summed E-state index contributed by atoms with van der Waals surface area (Å²) in [5.41, 5.74) is 4.42. The summed E-state index contributed by atoms with van der Waals surface area (Å²) in [4.78, 5) is 15.1. The Kier molecular flexibility index (Phi) is 5.99. The van der Waals surface area contributed by atoms with E-state index in [0.29, 0.717) is 11.8 Å². The van der Waals surface area contributed by atoms with Gasteiger partial charge in [-0.15, -0.1) is 12.4 Å². The van der Waals surface area contributed by atoms with Crippen LogP contribution in [0.25, 0.3) is 0 Å². The number of aryl methyl sites for hydroxylation is 1. The summed E-state index contributed by atoms with van der Waals surface area (Å²) in [5.74, 6) is 0.994. The maximum absolute atomic E-state index is 13.1. The molecule has 26 heavy (non-hydrogen) atoms. The summed E-state index contributed by atoms with van der Waals surface area (Å²) in [5, 5.41) is 10.7. The second kappa shape index (κ2) is 8.23. The number of rotatable bonds is 3. The van der Waals surface area contributed by atoms with Crippen molar-refractivity contribution in [1.29, 1.82) is 0 Å². The van der Waals surface area contributed by atoms with Gasteiger partial charge in [-0.05, 0) is 44.8 Å². The zero-order chi connectivity index (χ0) is 17.2. The van der Waals surface area contributed by atoms with Gasteiger partial charge in [-0.2, -0.15) is 5.10 Å². The molecule has 2 aliphatic heterocycles. The van der Waals surface area contributed by atoms with E-state index in [0.717, 1.165) is 56.7 Å². The van der Waals surface area contributed by atoms with Gasteiger partial charge in [0.2, 0.25) is 0 Å². The lowest BCUT2D eigenvalue weighted by Crippen LogP contribution is -2.31. The maximum atomic E-state index is 13.1. The van der Waals surface area contributed by atoms with Crippen LogP contribution < -0.4 is 5.32 Å². The SMILES string of the molecule is Cc1ccc(C2CCN(C(=O)c3cn[nH]c3C3CCNCC3)C2)cc1.Cl. The van der Waals surface area contributed by atoms with Crippen LogP contribution in [0.15, 0.2) is 30.5 Å². The number of carbonyl (C=O) groups is 1. The third-order valence-electron chi connectivity index (χ3n) is 5.67. The van der Waals surface area contributed by atoms with Crippen molar-refractivity contribution in [3.63, 3.8) is 0 Å². The number of likely N-dealkylation sites (tertiary alicyclic amines) is 1. The van der Waals surface area contributed by atoms with Gasteiger partial charge >= 0.3 is 0 Å². The molecule has 2 saturated heterocycles. The fourth-order valence-electron chi connectivity index (χ4n) is 4.11. The van der Waals surface area contributed by atoms with Crippen molar-refractivity contribution < 1.29 is 4.79 Å². The third kappa shape index (κ3) is 3.79. The van der Waals surface area contributed by atoms with Crippen LogP contribution in [-0.4, -0.2) is 47.2 Å². The molecule has 6 heteroatoms. The smallest absolute Gasteiger partial charge is 0.257 e. The van der Waals surface area contributed by atoms with Crippen molar-refractivity contribution in [1.82, 2.24) is 20.4 Å². The van der Waals surface area contributed by atoms with E-state index in [2.05, 4.69) is 46.7 Å². The van der Waals surface area contributed by atoms with E-state index in [1.54, 1.807) is 6.20 Å². The highest BCUT2D eigenvalue weighted by Gasteiger charge is 2.31. The summed E-state index contributed by atoms with van der Waals surface area (Å²) < 4.78 is 0. The van der Waals surface area contributed by atoms with Gasteiger partial charge in [0.25, 0.3) is 5.91 Å². The zero-order valence-corrected chi connectivity index (χ0v) is 16.0. The maximum Gasteiger partial charge on any atom is 0.257 e. The molecule has 5 nitrogen and oxygen atoms in total.